The maximum atomic E-state index is 5.49. The summed E-state index contributed by atoms with van der Waals surface area (Å²) >= 11 is 0. The molecule has 1 atom stereocenters. The highest BCUT2D eigenvalue weighted by Crippen LogP contribution is 2.25. The second-order valence-electron chi connectivity index (χ2n) is 3.07. The zero-order valence-corrected chi connectivity index (χ0v) is 8.75. The van der Waals surface area contributed by atoms with Crippen LogP contribution < -0.4 is 16.0 Å². The molecular weight excluding hydrogens is 208 g/mol. The predicted octanol–water partition coefficient (Wildman–Crippen LogP) is 0.631. The van der Waals surface area contributed by atoms with Gasteiger partial charge in [-0.05, 0) is 12.1 Å². The Morgan fingerprint density at radius 1 is 1.44 bits per heavy atom. The number of ether oxygens (including phenoxy) is 1. The van der Waals surface area contributed by atoms with Gasteiger partial charge in [0.15, 0.2) is 0 Å². The number of hydrogen-bond acceptors (Lipinski definition) is 6. The molecule has 0 saturated heterocycles. The quantitative estimate of drug-likeness (QED) is 0.580. The van der Waals surface area contributed by atoms with E-state index in [-0.39, 0.29) is 6.04 Å². The first-order chi connectivity index (χ1) is 7.86. The molecule has 2 aromatic heterocycles. The Morgan fingerprint density at radius 2 is 2.25 bits per heavy atom. The summed E-state index contributed by atoms with van der Waals surface area (Å²) in [5.74, 6) is 6.56. The zero-order valence-electron chi connectivity index (χ0n) is 8.75. The normalized spacial score (nSPS) is 12.4. The van der Waals surface area contributed by atoms with Crippen LogP contribution in [0.1, 0.15) is 17.5 Å². The summed E-state index contributed by atoms with van der Waals surface area (Å²) in [6, 6.07) is 3.21. The molecule has 0 radical (unpaired) electrons. The lowest BCUT2D eigenvalue weighted by atomic mass is 10.1. The highest BCUT2D eigenvalue weighted by Gasteiger charge is 2.21. The average molecular weight is 220 g/mol. The van der Waals surface area contributed by atoms with Crippen LogP contribution in [0.25, 0.3) is 0 Å². The molecule has 2 heterocycles. The van der Waals surface area contributed by atoms with Crippen LogP contribution in [0.15, 0.2) is 35.2 Å². The van der Waals surface area contributed by atoms with Crippen molar-refractivity contribution in [1.82, 2.24) is 15.4 Å². The minimum atomic E-state index is -0.376. The summed E-state index contributed by atoms with van der Waals surface area (Å²) in [5, 5.41) is 0. The van der Waals surface area contributed by atoms with Crippen LogP contribution >= 0.6 is 0 Å². The van der Waals surface area contributed by atoms with Crippen LogP contribution in [-0.2, 0) is 0 Å². The van der Waals surface area contributed by atoms with E-state index >= 15 is 0 Å². The van der Waals surface area contributed by atoms with E-state index in [1.165, 1.54) is 7.11 Å². The molecule has 0 aromatic carbocycles. The Labute approximate surface area is 92.4 Å². The molecule has 0 aliphatic rings. The number of hydrogen-bond donors (Lipinski definition) is 2. The van der Waals surface area contributed by atoms with Gasteiger partial charge >= 0.3 is 0 Å². The minimum Gasteiger partial charge on any atom is -0.480 e. The summed E-state index contributed by atoms with van der Waals surface area (Å²) in [4.78, 5) is 8.24. The van der Waals surface area contributed by atoms with Crippen LogP contribution in [0.3, 0.4) is 0 Å². The van der Waals surface area contributed by atoms with E-state index in [0.717, 1.165) is 0 Å². The smallest absolute Gasteiger partial charge is 0.237 e. The van der Waals surface area contributed by atoms with Crippen LogP contribution in [-0.4, -0.2) is 17.1 Å². The first-order valence-corrected chi connectivity index (χ1v) is 4.71. The molecule has 0 amide bonds. The highest BCUT2D eigenvalue weighted by atomic mass is 16.5. The van der Waals surface area contributed by atoms with Crippen LogP contribution in [0.5, 0.6) is 5.88 Å². The summed E-state index contributed by atoms with van der Waals surface area (Å²) in [6.07, 6.45) is 4.70. The van der Waals surface area contributed by atoms with Gasteiger partial charge in [-0.25, -0.2) is 10.4 Å². The summed E-state index contributed by atoms with van der Waals surface area (Å²) < 4.78 is 10.4. The van der Waals surface area contributed by atoms with Crippen LogP contribution in [0, 0.1) is 0 Å². The van der Waals surface area contributed by atoms with Gasteiger partial charge in [0.1, 0.15) is 17.5 Å². The molecule has 1 unspecified atom stereocenters. The van der Waals surface area contributed by atoms with Gasteiger partial charge < -0.3 is 9.15 Å². The predicted molar refractivity (Wildman–Crippen MR) is 56.5 cm³/mol. The monoisotopic (exact) mass is 220 g/mol. The van der Waals surface area contributed by atoms with Crippen molar-refractivity contribution in [3.05, 3.63) is 42.2 Å². The highest BCUT2D eigenvalue weighted by molar-refractivity contribution is 5.27. The zero-order chi connectivity index (χ0) is 11.4. The fourth-order valence-corrected chi connectivity index (χ4v) is 1.44. The molecule has 2 rings (SSSR count). The van der Waals surface area contributed by atoms with E-state index in [1.54, 1.807) is 30.8 Å². The van der Waals surface area contributed by atoms with E-state index in [2.05, 4.69) is 15.4 Å². The Hall–Kier alpha value is -1.92. The Kier molecular flexibility index (Phi) is 3.13. The van der Waals surface area contributed by atoms with E-state index in [4.69, 9.17) is 15.0 Å². The number of nitrogens with one attached hydrogen (secondary N) is 1. The van der Waals surface area contributed by atoms with Crippen molar-refractivity contribution in [1.29, 1.82) is 0 Å². The third-order valence-electron chi connectivity index (χ3n) is 2.15. The van der Waals surface area contributed by atoms with Crippen molar-refractivity contribution >= 4 is 0 Å². The van der Waals surface area contributed by atoms with Crippen molar-refractivity contribution in [2.24, 2.45) is 5.84 Å². The van der Waals surface area contributed by atoms with Gasteiger partial charge in [-0.1, -0.05) is 0 Å². The largest absolute Gasteiger partial charge is 0.480 e. The lowest BCUT2D eigenvalue weighted by Gasteiger charge is -2.14. The van der Waals surface area contributed by atoms with Crippen molar-refractivity contribution in [3.8, 4) is 5.88 Å². The molecule has 16 heavy (non-hydrogen) atoms. The number of furan rings is 1. The molecule has 0 aliphatic carbocycles. The topological polar surface area (TPSA) is 86.2 Å². The van der Waals surface area contributed by atoms with E-state index in [9.17, 15) is 0 Å². The van der Waals surface area contributed by atoms with Gasteiger partial charge in [-0.3, -0.25) is 10.8 Å². The van der Waals surface area contributed by atoms with Crippen molar-refractivity contribution in [2.45, 2.75) is 6.04 Å². The van der Waals surface area contributed by atoms with Gasteiger partial charge in [0.2, 0.25) is 5.88 Å². The molecular formula is C10H12N4O2. The molecule has 6 heteroatoms. The molecule has 2 aromatic rings. The lowest BCUT2D eigenvalue weighted by molar-refractivity contribution is 0.373. The Morgan fingerprint density at radius 3 is 2.88 bits per heavy atom. The van der Waals surface area contributed by atoms with E-state index in [1.807, 2.05) is 0 Å². The molecule has 0 aliphatic heterocycles. The van der Waals surface area contributed by atoms with Crippen molar-refractivity contribution in [3.63, 3.8) is 0 Å². The number of nitrogens with two attached hydrogens (primary N) is 1. The van der Waals surface area contributed by atoms with Crippen molar-refractivity contribution < 1.29 is 9.15 Å². The molecule has 84 valence electrons. The maximum absolute atomic E-state index is 5.49. The number of methoxy groups -OCH3 is 1. The number of rotatable bonds is 4. The summed E-state index contributed by atoms with van der Waals surface area (Å²) in [7, 11) is 1.53. The van der Waals surface area contributed by atoms with Gasteiger partial charge in [-0.15, -0.1) is 0 Å². The SMILES string of the molecule is COc1nccnc1C(NN)c1ccco1. The molecule has 3 N–H and O–H groups in total. The Balaban J connectivity index is 2.41. The van der Waals surface area contributed by atoms with Crippen LogP contribution in [0.2, 0.25) is 0 Å². The van der Waals surface area contributed by atoms with Gasteiger partial charge in [0.05, 0.1) is 13.4 Å². The van der Waals surface area contributed by atoms with E-state index < -0.39 is 0 Å². The van der Waals surface area contributed by atoms with Crippen molar-refractivity contribution in [2.75, 3.05) is 7.11 Å². The lowest BCUT2D eigenvalue weighted by Crippen LogP contribution is -2.29. The summed E-state index contributed by atoms with van der Waals surface area (Å²) in [5.41, 5.74) is 3.20. The summed E-state index contributed by atoms with van der Waals surface area (Å²) in [6.45, 7) is 0. The average Bonchev–Trinajstić information content (AvgIpc) is 2.84. The van der Waals surface area contributed by atoms with E-state index in [0.29, 0.717) is 17.3 Å². The third-order valence-corrected chi connectivity index (χ3v) is 2.15. The Bertz CT molecular complexity index is 444. The third kappa shape index (κ3) is 1.88. The molecule has 0 saturated carbocycles. The standard InChI is InChI=1S/C10H12N4O2/c1-15-10-9(12-4-5-13-10)8(14-11)7-3-2-6-16-7/h2-6,8,14H,11H2,1H3. The van der Waals surface area contributed by atoms with Gasteiger partial charge in [0.25, 0.3) is 0 Å². The van der Waals surface area contributed by atoms with Gasteiger partial charge in [0, 0.05) is 12.4 Å². The fourth-order valence-electron chi connectivity index (χ4n) is 1.44. The first-order valence-electron chi connectivity index (χ1n) is 4.71. The molecule has 0 bridgehead atoms. The number of hydrazine groups is 1. The molecule has 0 fully saturated rings. The fraction of sp³-hybridized carbons (Fsp3) is 0.200. The first kappa shape index (κ1) is 10.6. The maximum Gasteiger partial charge on any atom is 0.237 e. The van der Waals surface area contributed by atoms with Crippen LogP contribution in [0.4, 0.5) is 0 Å². The molecule has 0 spiro atoms. The minimum absolute atomic E-state index is 0.376. The second-order valence-corrected chi connectivity index (χ2v) is 3.07. The number of nitrogens with zero attached hydrogens (tertiary/aromatic N) is 2. The van der Waals surface area contributed by atoms with Gasteiger partial charge in [-0.2, -0.15) is 0 Å². The second kappa shape index (κ2) is 4.73. The molecule has 6 nitrogen and oxygen atoms in total. The number of aromatic nitrogens is 2.